The Morgan fingerprint density at radius 1 is 0.547 bits per heavy atom. The molecule has 2 atom stereocenters. The highest BCUT2D eigenvalue weighted by atomic mass is 15.1. The van der Waals surface area contributed by atoms with Gasteiger partial charge in [-0.2, -0.15) is 0 Å². The summed E-state index contributed by atoms with van der Waals surface area (Å²) in [6.07, 6.45) is 0.997. The molecule has 2 unspecified atom stereocenters. The maximum atomic E-state index is 5.94. The molecule has 2 aromatic heterocycles. The van der Waals surface area contributed by atoms with Crippen LogP contribution in [0, 0.1) is 5.92 Å². The highest BCUT2D eigenvalue weighted by Gasteiger charge is 2.47. The lowest BCUT2D eigenvalue weighted by Crippen LogP contribution is -2.32. The van der Waals surface area contributed by atoms with Crippen molar-refractivity contribution in [1.29, 1.82) is 0 Å². The molecule has 0 radical (unpaired) electrons. The van der Waals surface area contributed by atoms with Crippen molar-refractivity contribution in [3.8, 4) is 5.69 Å². The van der Waals surface area contributed by atoms with Crippen molar-refractivity contribution >= 4 is 65.8 Å². The molecule has 9 aromatic rings. The number of nitrogens with zero attached hydrogens (tertiary/aromatic N) is 3. The monoisotopic (exact) mass is 681 g/mol. The lowest BCUT2D eigenvalue weighted by molar-refractivity contribution is 0.564. The Balaban J connectivity index is 1.24. The Labute approximate surface area is 309 Å². The van der Waals surface area contributed by atoms with Crippen molar-refractivity contribution < 1.29 is 0 Å². The number of aliphatic imine (C=N–C) groups is 1. The number of allylic oxidation sites excluding steroid dienone is 2. The average molecular weight is 682 g/mol. The molecule has 3 nitrogen and oxygen atoms in total. The molecule has 0 N–H and O–H groups in total. The summed E-state index contributed by atoms with van der Waals surface area (Å²) in [7, 11) is 0. The van der Waals surface area contributed by atoms with E-state index in [1.54, 1.807) is 0 Å². The minimum atomic E-state index is -0.214. The first kappa shape index (κ1) is 30.4. The maximum absolute atomic E-state index is 5.94. The Hall–Kier alpha value is -6.19. The summed E-state index contributed by atoms with van der Waals surface area (Å²) in [5, 5.41) is 7.58. The second-order valence-corrected chi connectivity index (χ2v) is 15.4. The molecule has 0 saturated carbocycles. The summed E-state index contributed by atoms with van der Waals surface area (Å²) >= 11 is 0. The maximum Gasteiger partial charge on any atom is 0.122 e. The van der Waals surface area contributed by atoms with Gasteiger partial charge < -0.3 is 4.57 Å². The molecule has 2 aliphatic rings. The van der Waals surface area contributed by atoms with Crippen LogP contribution in [0.25, 0.3) is 65.6 Å². The lowest BCUT2D eigenvalue weighted by atomic mass is 9.74. The minimum Gasteiger partial charge on any atom is -0.309 e. The molecule has 0 amide bonds. The largest absolute Gasteiger partial charge is 0.309 e. The second-order valence-electron chi connectivity index (χ2n) is 15.4. The number of hydrogen-bond acceptors (Lipinski definition) is 1. The van der Waals surface area contributed by atoms with E-state index in [2.05, 4.69) is 188 Å². The van der Waals surface area contributed by atoms with Crippen LogP contribution in [0.15, 0.2) is 168 Å². The van der Waals surface area contributed by atoms with Gasteiger partial charge in [0.1, 0.15) is 5.84 Å². The van der Waals surface area contributed by atoms with E-state index < -0.39 is 0 Å². The van der Waals surface area contributed by atoms with Crippen LogP contribution in [-0.4, -0.2) is 15.0 Å². The van der Waals surface area contributed by atoms with E-state index in [1.165, 1.54) is 88.0 Å². The summed E-state index contributed by atoms with van der Waals surface area (Å²) in [5.41, 5.74) is 12.5. The topological polar surface area (TPSA) is 22.2 Å². The standard InChI is InChI=1S/C50H39N3/c1-4-35-46(33-26-27-44-39(29-33)36-20-11-14-24-42(36)52(44)34-18-6-5-7-19-34)49(51-48-47(35)38-22-10-13-23-41(38)50(48,2)3)53-43-25-15-12-21-37(43)40-28-31-16-8-9-17-32(31)30-45(40)53/h5-30,35,46H,4H2,1-3H3. The van der Waals surface area contributed by atoms with Gasteiger partial charge in [-0.3, -0.25) is 4.57 Å². The van der Waals surface area contributed by atoms with Gasteiger partial charge in [0.25, 0.3) is 0 Å². The van der Waals surface area contributed by atoms with Crippen LogP contribution in [0.3, 0.4) is 0 Å². The molecular formula is C50H39N3. The summed E-state index contributed by atoms with van der Waals surface area (Å²) in [5.74, 6) is 1.37. The third kappa shape index (κ3) is 4.19. The third-order valence-electron chi connectivity index (χ3n) is 12.3. The van der Waals surface area contributed by atoms with Crippen molar-refractivity contribution in [2.24, 2.45) is 10.9 Å². The van der Waals surface area contributed by atoms with Gasteiger partial charge in [0.15, 0.2) is 0 Å². The van der Waals surface area contributed by atoms with Crippen LogP contribution in [0.5, 0.6) is 0 Å². The van der Waals surface area contributed by atoms with Crippen molar-refractivity contribution in [2.45, 2.75) is 38.5 Å². The van der Waals surface area contributed by atoms with E-state index in [-0.39, 0.29) is 17.3 Å². The zero-order valence-corrected chi connectivity index (χ0v) is 30.2. The molecule has 11 rings (SSSR count). The summed E-state index contributed by atoms with van der Waals surface area (Å²) in [4.78, 5) is 5.94. The zero-order valence-electron chi connectivity index (χ0n) is 30.2. The molecule has 53 heavy (non-hydrogen) atoms. The minimum absolute atomic E-state index is 0.0226. The third-order valence-corrected chi connectivity index (χ3v) is 12.3. The molecule has 1 aliphatic heterocycles. The molecule has 0 bridgehead atoms. The zero-order chi connectivity index (χ0) is 35.4. The van der Waals surface area contributed by atoms with Crippen LogP contribution < -0.4 is 0 Å². The predicted octanol–water partition coefficient (Wildman–Crippen LogP) is 12.8. The number of hydrogen-bond donors (Lipinski definition) is 0. The van der Waals surface area contributed by atoms with E-state index in [9.17, 15) is 0 Å². The van der Waals surface area contributed by atoms with Gasteiger partial charge in [-0.05, 0) is 93.9 Å². The highest BCUT2D eigenvalue weighted by molar-refractivity contribution is 6.19. The van der Waals surface area contributed by atoms with Gasteiger partial charge >= 0.3 is 0 Å². The molecule has 1 aliphatic carbocycles. The molecular weight excluding hydrogens is 643 g/mol. The van der Waals surface area contributed by atoms with Crippen LogP contribution in [0.2, 0.25) is 0 Å². The molecule has 254 valence electrons. The number of para-hydroxylation sites is 3. The van der Waals surface area contributed by atoms with E-state index >= 15 is 0 Å². The van der Waals surface area contributed by atoms with Gasteiger partial charge in [0.05, 0.1) is 27.8 Å². The van der Waals surface area contributed by atoms with E-state index in [0.29, 0.717) is 0 Å². The van der Waals surface area contributed by atoms with Crippen LogP contribution >= 0.6 is 0 Å². The fourth-order valence-corrected chi connectivity index (χ4v) is 9.91. The summed E-state index contributed by atoms with van der Waals surface area (Å²) in [6, 6.07) is 58.3. The van der Waals surface area contributed by atoms with Crippen molar-refractivity contribution in [3.05, 3.63) is 180 Å². The second kappa shape index (κ2) is 11.2. The van der Waals surface area contributed by atoms with Crippen molar-refractivity contribution in [1.82, 2.24) is 9.13 Å². The molecule has 0 spiro atoms. The van der Waals surface area contributed by atoms with Crippen LogP contribution in [0.1, 0.15) is 49.8 Å². The SMILES string of the molecule is CCC1C2=C(N=C(n3c4ccccc4c4cc5ccccc5cc43)C1c1ccc3c(c1)c1ccccc1n3-c1ccccc1)C(C)(C)c1ccccc12. The smallest absolute Gasteiger partial charge is 0.122 e. The average Bonchev–Trinajstić information content (AvgIpc) is 3.79. The molecule has 0 fully saturated rings. The number of fused-ring (bicyclic) bond motifs is 9. The van der Waals surface area contributed by atoms with E-state index in [1.807, 2.05) is 0 Å². The fraction of sp³-hybridized carbons (Fsp3) is 0.140. The Bertz CT molecular complexity index is 3020. The van der Waals surface area contributed by atoms with Crippen LogP contribution in [-0.2, 0) is 5.41 Å². The van der Waals surface area contributed by atoms with E-state index in [0.717, 1.165) is 12.3 Å². The summed E-state index contributed by atoms with van der Waals surface area (Å²) in [6.45, 7) is 7.11. The Kier molecular flexibility index (Phi) is 6.41. The Morgan fingerprint density at radius 3 is 1.91 bits per heavy atom. The normalized spacial score (nSPS) is 18.0. The van der Waals surface area contributed by atoms with Gasteiger partial charge in [0.2, 0.25) is 0 Å². The molecule has 3 heteroatoms. The fourth-order valence-electron chi connectivity index (χ4n) is 9.91. The number of aromatic nitrogens is 2. The van der Waals surface area contributed by atoms with Gasteiger partial charge in [-0.15, -0.1) is 0 Å². The van der Waals surface area contributed by atoms with Gasteiger partial charge in [0, 0.05) is 38.6 Å². The highest BCUT2D eigenvalue weighted by Crippen LogP contribution is 2.56. The Morgan fingerprint density at radius 2 is 1.15 bits per heavy atom. The predicted molar refractivity (Wildman–Crippen MR) is 223 cm³/mol. The van der Waals surface area contributed by atoms with Crippen LogP contribution in [0.4, 0.5) is 0 Å². The summed E-state index contributed by atoms with van der Waals surface area (Å²) < 4.78 is 4.93. The van der Waals surface area contributed by atoms with Crippen molar-refractivity contribution in [2.75, 3.05) is 0 Å². The molecule has 0 saturated heterocycles. The lowest BCUT2D eigenvalue weighted by Gasteiger charge is -2.36. The number of rotatable bonds is 3. The molecule has 3 heterocycles. The number of benzene rings is 7. The van der Waals surface area contributed by atoms with Gasteiger partial charge in [-0.25, -0.2) is 4.99 Å². The first-order valence-corrected chi connectivity index (χ1v) is 19.0. The molecule has 7 aromatic carbocycles. The quantitative estimate of drug-likeness (QED) is 0.177. The first-order valence-electron chi connectivity index (χ1n) is 19.0. The van der Waals surface area contributed by atoms with Crippen molar-refractivity contribution in [3.63, 3.8) is 0 Å². The van der Waals surface area contributed by atoms with Gasteiger partial charge in [-0.1, -0.05) is 130 Å². The first-order chi connectivity index (χ1) is 26.0. The van der Waals surface area contributed by atoms with E-state index in [4.69, 9.17) is 4.99 Å².